The Bertz CT molecular complexity index is 673. The van der Waals surface area contributed by atoms with Gasteiger partial charge in [0.1, 0.15) is 9.84 Å². The van der Waals surface area contributed by atoms with Crippen molar-refractivity contribution < 1.29 is 13.2 Å². The number of rotatable bonds is 3. The van der Waals surface area contributed by atoms with Gasteiger partial charge in [-0.25, -0.2) is 8.42 Å². The van der Waals surface area contributed by atoms with Crippen molar-refractivity contribution in [2.24, 2.45) is 5.92 Å². The summed E-state index contributed by atoms with van der Waals surface area (Å²) in [6.07, 6.45) is 2.05. The summed E-state index contributed by atoms with van der Waals surface area (Å²) in [5.74, 6) is 0.841. The van der Waals surface area contributed by atoms with E-state index in [0.717, 1.165) is 13.0 Å². The van der Waals surface area contributed by atoms with Gasteiger partial charge >= 0.3 is 0 Å². The van der Waals surface area contributed by atoms with Gasteiger partial charge < -0.3 is 5.32 Å². The van der Waals surface area contributed by atoms with E-state index in [9.17, 15) is 13.2 Å². The first-order valence-corrected chi connectivity index (χ1v) is 10.0. The molecule has 0 unspecified atom stereocenters. The minimum Gasteiger partial charge on any atom is -0.354 e. The summed E-state index contributed by atoms with van der Waals surface area (Å²) >= 11 is 0. The molecular formula is C17H24N2O3S. The molecule has 6 heteroatoms. The SMILES string of the molecule is CN1Cc2ccccc2C[C@H]1C(=O)NCC1CCS(=O)(=O)CC1. The predicted molar refractivity (Wildman–Crippen MR) is 89.8 cm³/mol. The third kappa shape index (κ3) is 3.93. The zero-order valence-corrected chi connectivity index (χ0v) is 14.3. The highest BCUT2D eigenvalue weighted by atomic mass is 32.2. The van der Waals surface area contributed by atoms with E-state index in [1.807, 2.05) is 19.2 Å². The Labute approximate surface area is 138 Å². The number of sulfone groups is 1. The van der Waals surface area contributed by atoms with E-state index in [4.69, 9.17) is 0 Å². The molecule has 126 valence electrons. The number of likely N-dealkylation sites (N-methyl/N-ethyl adjacent to an activating group) is 1. The van der Waals surface area contributed by atoms with Crippen LogP contribution >= 0.6 is 0 Å². The Balaban J connectivity index is 1.55. The maximum atomic E-state index is 12.5. The number of fused-ring (bicyclic) bond motifs is 1. The number of amides is 1. The molecule has 2 heterocycles. The fourth-order valence-electron chi connectivity index (χ4n) is 3.45. The maximum absolute atomic E-state index is 12.5. The largest absolute Gasteiger partial charge is 0.354 e. The van der Waals surface area contributed by atoms with Gasteiger partial charge in [-0.3, -0.25) is 9.69 Å². The minimum atomic E-state index is -2.84. The number of benzene rings is 1. The molecule has 0 aliphatic carbocycles. The molecule has 23 heavy (non-hydrogen) atoms. The van der Waals surface area contributed by atoms with Crippen molar-refractivity contribution in [1.82, 2.24) is 10.2 Å². The predicted octanol–water partition coefficient (Wildman–Crippen LogP) is 0.984. The molecule has 1 aromatic rings. The van der Waals surface area contributed by atoms with Crippen LogP contribution in [0.25, 0.3) is 0 Å². The lowest BCUT2D eigenvalue weighted by Gasteiger charge is -2.33. The zero-order chi connectivity index (χ0) is 16.4. The minimum absolute atomic E-state index is 0.0513. The average Bonchev–Trinajstić information content (AvgIpc) is 2.53. The van der Waals surface area contributed by atoms with Crippen LogP contribution in [-0.4, -0.2) is 50.4 Å². The standard InChI is InChI=1S/C17H24N2O3S/c1-19-12-15-5-3-2-4-14(15)10-16(19)17(20)18-11-13-6-8-23(21,22)9-7-13/h2-5,13,16H,6-12H2,1H3,(H,18,20)/t16-/m0/s1. The van der Waals surface area contributed by atoms with Crippen molar-refractivity contribution in [3.8, 4) is 0 Å². The highest BCUT2D eigenvalue weighted by Crippen LogP contribution is 2.22. The van der Waals surface area contributed by atoms with Crippen molar-refractivity contribution in [3.05, 3.63) is 35.4 Å². The Hall–Kier alpha value is -1.40. The lowest BCUT2D eigenvalue weighted by Crippen LogP contribution is -2.49. The van der Waals surface area contributed by atoms with E-state index < -0.39 is 9.84 Å². The molecule has 1 N–H and O–H groups in total. The van der Waals surface area contributed by atoms with E-state index in [0.29, 0.717) is 19.4 Å². The Morgan fingerprint density at radius 1 is 1.22 bits per heavy atom. The third-order valence-corrected chi connectivity index (χ3v) is 6.74. The number of nitrogens with zero attached hydrogens (tertiary/aromatic N) is 1. The van der Waals surface area contributed by atoms with Gasteiger partial charge in [-0.2, -0.15) is 0 Å². The molecule has 0 spiro atoms. The van der Waals surface area contributed by atoms with E-state index >= 15 is 0 Å². The molecule has 0 radical (unpaired) electrons. The molecule has 2 aliphatic rings. The first-order valence-electron chi connectivity index (χ1n) is 8.20. The van der Waals surface area contributed by atoms with Crippen LogP contribution in [0.3, 0.4) is 0 Å². The van der Waals surface area contributed by atoms with E-state index in [1.165, 1.54) is 11.1 Å². The molecule has 2 aliphatic heterocycles. The van der Waals surface area contributed by atoms with Gasteiger partial charge in [0.25, 0.3) is 0 Å². The van der Waals surface area contributed by atoms with Crippen molar-refractivity contribution >= 4 is 15.7 Å². The molecule has 0 saturated carbocycles. The molecule has 1 aromatic carbocycles. The number of hydrogen-bond donors (Lipinski definition) is 1. The van der Waals surface area contributed by atoms with E-state index in [2.05, 4.69) is 22.3 Å². The molecule has 1 fully saturated rings. The van der Waals surface area contributed by atoms with Crippen molar-refractivity contribution in [1.29, 1.82) is 0 Å². The molecule has 1 saturated heterocycles. The smallest absolute Gasteiger partial charge is 0.237 e. The van der Waals surface area contributed by atoms with Gasteiger partial charge in [0.05, 0.1) is 17.5 Å². The first-order chi connectivity index (χ1) is 10.9. The molecule has 3 rings (SSSR count). The summed E-state index contributed by atoms with van der Waals surface area (Å²) in [6.45, 7) is 1.37. The topological polar surface area (TPSA) is 66.5 Å². The first kappa shape index (κ1) is 16.5. The average molecular weight is 336 g/mol. The highest BCUT2D eigenvalue weighted by molar-refractivity contribution is 7.91. The van der Waals surface area contributed by atoms with Gasteiger partial charge in [0.2, 0.25) is 5.91 Å². The third-order valence-electron chi connectivity index (χ3n) is 5.03. The summed E-state index contributed by atoms with van der Waals surface area (Å²) in [6, 6.07) is 8.11. The lowest BCUT2D eigenvalue weighted by molar-refractivity contribution is -0.126. The van der Waals surface area contributed by atoms with Gasteiger partial charge in [-0.15, -0.1) is 0 Å². The van der Waals surface area contributed by atoms with E-state index in [-0.39, 0.29) is 29.4 Å². The molecule has 0 aromatic heterocycles. The number of nitrogens with one attached hydrogen (secondary N) is 1. The second kappa shape index (κ2) is 6.61. The highest BCUT2D eigenvalue weighted by Gasteiger charge is 2.30. The summed E-state index contributed by atoms with van der Waals surface area (Å²) in [7, 11) is -0.858. The normalized spacial score (nSPS) is 24.8. The molecule has 0 bridgehead atoms. The second-order valence-electron chi connectivity index (χ2n) is 6.74. The van der Waals surface area contributed by atoms with Gasteiger partial charge in [0, 0.05) is 13.1 Å². The summed E-state index contributed by atoms with van der Waals surface area (Å²) in [4.78, 5) is 14.6. The molecule has 1 atom stereocenters. The Kier molecular flexibility index (Phi) is 4.73. The molecule has 1 amide bonds. The number of hydrogen-bond acceptors (Lipinski definition) is 4. The second-order valence-corrected chi connectivity index (χ2v) is 9.05. The zero-order valence-electron chi connectivity index (χ0n) is 13.5. The van der Waals surface area contributed by atoms with Crippen LogP contribution in [0.1, 0.15) is 24.0 Å². The lowest BCUT2D eigenvalue weighted by atomic mass is 9.94. The molecule has 5 nitrogen and oxygen atoms in total. The Morgan fingerprint density at radius 3 is 2.57 bits per heavy atom. The quantitative estimate of drug-likeness (QED) is 0.894. The summed E-state index contributed by atoms with van der Waals surface area (Å²) in [5, 5.41) is 3.04. The maximum Gasteiger partial charge on any atom is 0.237 e. The monoisotopic (exact) mass is 336 g/mol. The van der Waals surface area contributed by atoms with Crippen molar-refractivity contribution in [3.63, 3.8) is 0 Å². The van der Waals surface area contributed by atoms with Crippen LogP contribution in [0.5, 0.6) is 0 Å². The van der Waals surface area contributed by atoms with Crippen LogP contribution in [0.15, 0.2) is 24.3 Å². The van der Waals surface area contributed by atoms with Crippen LogP contribution in [0.2, 0.25) is 0 Å². The van der Waals surface area contributed by atoms with Crippen LogP contribution in [0.4, 0.5) is 0 Å². The van der Waals surface area contributed by atoms with Crippen LogP contribution in [-0.2, 0) is 27.6 Å². The summed E-state index contributed by atoms with van der Waals surface area (Å²) in [5.41, 5.74) is 2.53. The fourth-order valence-corrected chi connectivity index (χ4v) is 5.04. The molecular weight excluding hydrogens is 312 g/mol. The fraction of sp³-hybridized carbons (Fsp3) is 0.588. The van der Waals surface area contributed by atoms with E-state index in [1.54, 1.807) is 0 Å². The number of carbonyl (C=O) groups is 1. The van der Waals surface area contributed by atoms with Crippen LogP contribution in [0, 0.1) is 5.92 Å². The van der Waals surface area contributed by atoms with Crippen molar-refractivity contribution in [2.45, 2.75) is 31.8 Å². The van der Waals surface area contributed by atoms with Gasteiger partial charge in [-0.1, -0.05) is 24.3 Å². The van der Waals surface area contributed by atoms with Gasteiger partial charge in [0.15, 0.2) is 0 Å². The van der Waals surface area contributed by atoms with Crippen LogP contribution < -0.4 is 5.32 Å². The van der Waals surface area contributed by atoms with Gasteiger partial charge in [-0.05, 0) is 43.4 Å². The van der Waals surface area contributed by atoms with Crippen molar-refractivity contribution in [2.75, 3.05) is 25.1 Å². The Morgan fingerprint density at radius 2 is 1.87 bits per heavy atom. The summed E-state index contributed by atoms with van der Waals surface area (Å²) < 4.78 is 22.9. The number of carbonyl (C=O) groups excluding carboxylic acids is 1.